The van der Waals surface area contributed by atoms with Crippen molar-refractivity contribution < 1.29 is 71.1 Å². The van der Waals surface area contributed by atoms with E-state index in [2.05, 4.69) is 26.1 Å². The summed E-state index contributed by atoms with van der Waals surface area (Å²) in [4.78, 5) is 3.26. The highest BCUT2D eigenvalue weighted by molar-refractivity contribution is 5.21. The lowest BCUT2D eigenvalue weighted by Gasteiger charge is -2.47. The fraction of sp³-hybridized carbons (Fsp3) is 0.333. The van der Waals surface area contributed by atoms with Gasteiger partial charge in [0.15, 0.2) is 18.7 Å². The molecule has 2 aromatic heterocycles. The molecule has 3 saturated heterocycles. The molecular weight excluding hydrogens is 1450 g/mol. The third-order valence-corrected chi connectivity index (χ3v) is 19.9. The van der Waals surface area contributed by atoms with Gasteiger partial charge in [-0.05, 0) is 55.6 Å². The Labute approximate surface area is 663 Å². The molecule has 11 aromatic rings. The average molecular weight is 1540 g/mol. The number of hydrogen-bond donors (Lipinski definition) is 0. The summed E-state index contributed by atoms with van der Waals surface area (Å²) in [6.45, 7) is 1.34. The molecule has 0 bridgehead atoms. The fourth-order valence-electron chi connectivity index (χ4n) is 14.2. The maximum atomic E-state index is 10.2. The number of nitrogens with zero attached hydrogens (tertiary/aromatic N) is 9. The van der Waals surface area contributed by atoms with E-state index in [1.54, 1.807) is 21.8 Å². The summed E-state index contributed by atoms with van der Waals surface area (Å²) in [5.41, 5.74) is 19.4. The minimum absolute atomic E-state index is 0.00281. The molecule has 114 heavy (non-hydrogen) atoms. The van der Waals surface area contributed by atoms with E-state index >= 15 is 0 Å². The van der Waals surface area contributed by atoms with Crippen LogP contribution in [0.4, 0.5) is 0 Å². The molecule has 24 heteroatoms. The lowest BCUT2D eigenvalue weighted by Crippen LogP contribution is -2.61. The number of terminal acetylenes is 1. The molecule has 15 atom stereocenters. The minimum atomic E-state index is -1.17. The maximum Gasteiger partial charge on any atom is 0.181 e. The van der Waals surface area contributed by atoms with Gasteiger partial charge in [-0.15, -0.1) is 16.6 Å². The Bertz CT molecular complexity index is 4660. The molecule has 5 heterocycles. The Hall–Kier alpha value is -10.5. The molecule has 0 spiro atoms. The van der Waals surface area contributed by atoms with Gasteiger partial charge in [-0.1, -0.05) is 294 Å². The highest BCUT2D eigenvalue weighted by Gasteiger charge is 2.54. The topological polar surface area (TPSA) is 249 Å². The molecule has 0 aliphatic carbocycles. The third-order valence-electron chi connectivity index (χ3n) is 19.9. The molecule has 0 radical (unpaired) electrons. The van der Waals surface area contributed by atoms with Crippen molar-refractivity contribution in [1.82, 2.24) is 30.0 Å². The van der Waals surface area contributed by atoms with Crippen molar-refractivity contribution in [3.8, 4) is 12.3 Å². The SMILES string of the molecule is C#CCO[C@@H]1[C@H](OCc2ccccc2)[C@@H](OCc2ccccc2)[C@H](n2nncc2CO[C@@H]2[C@H](OCc3ccccc3)[C@@H](OCc3ccccc3)[C@H](n3nncc3CO[C@@H]3[C@H](OCc4ccccc4)[C@@H](OCc4ccccc4)[C@H](N=[N+]=[N-])O[C@@H]3COCc3ccccc3)O[C@@H]2COCc2ccccc2)O[C@@H]1COCc1ccccc1. The van der Waals surface area contributed by atoms with Crippen LogP contribution in [0.1, 0.15) is 73.9 Å². The van der Waals surface area contributed by atoms with Crippen molar-refractivity contribution in [2.24, 2.45) is 5.11 Å². The Morgan fingerprint density at radius 3 is 0.868 bits per heavy atom. The first-order valence-electron chi connectivity index (χ1n) is 38.3. The van der Waals surface area contributed by atoms with Gasteiger partial charge in [-0.25, -0.2) is 9.36 Å². The van der Waals surface area contributed by atoms with Gasteiger partial charge in [0.05, 0.1) is 116 Å². The minimum Gasteiger partial charge on any atom is -0.374 e. The van der Waals surface area contributed by atoms with E-state index in [0.29, 0.717) is 11.4 Å². The van der Waals surface area contributed by atoms with Crippen LogP contribution >= 0.6 is 0 Å². The van der Waals surface area contributed by atoms with Crippen LogP contribution in [0, 0.1) is 12.3 Å². The monoisotopic (exact) mass is 1540 g/mol. The largest absolute Gasteiger partial charge is 0.374 e. The van der Waals surface area contributed by atoms with E-state index in [9.17, 15) is 5.53 Å². The van der Waals surface area contributed by atoms with Crippen molar-refractivity contribution in [2.45, 2.75) is 165 Å². The zero-order valence-electron chi connectivity index (χ0n) is 63.1. The summed E-state index contributed by atoms with van der Waals surface area (Å²) in [5, 5.41) is 23.0. The summed E-state index contributed by atoms with van der Waals surface area (Å²) in [7, 11) is 0. The summed E-state index contributed by atoms with van der Waals surface area (Å²) >= 11 is 0. The van der Waals surface area contributed by atoms with Crippen LogP contribution in [0.5, 0.6) is 0 Å². The van der Waals surface area contributed by atoms with Gasteiger partial charge >= 0.3 is 0 Å². The normalized spacial score (nSPS) is 23.5. The lowest BCUT2D eigenvalue weighted by atomic mass is 9.96. The molecule has 9 aromatic carbocycles. The van der Waals surface area contributed by atoms with Gasteiger partial charge in [-0.3, -0.25) is 0 Å². The molecule has 0 saturated carbocycles. The number of ether oxygens (including phenoxy) is 15. The van der Waals surface area contributed by atoms with Crippen LogP contribution in [-0.4, -0.2) is 136 Å². The van der Waals surface area contributed by atoms with Gasteiger partial charge in [0.2, 0.25) is 0 Å². The molecule has 0 unspecified atom stereocenters. The molecule has 14 rings (SSSR count). The van der Waals surface area contributed by atoms with E-state index < -0.39 is 91.9 Å². The molecule has 3 aliphatic heterocycles. The van der Waals surface area contributed by atoms with Crippen LogP contribution in [0.3, 0.4) is 0 Å². The van der Waals surface area contributed by atoms with Crippen molar-refractivity contribution >= 4 is 0 Å². The number of azide groups is 1. The van der Waals surface area contributed by atoms with Crippen molar-refractivity contribution in [2.75, 3.05) is 26.4 Å². The maximum absolute atomic E-state index is 10.2. The number of hydrogen-bond acceptors (Lipinski definition) is 20. The van der Waals surface area contributed by atoms with E-state index in [0.717, 1.165) is 50.1 Å². The second-order valence-electron chi connectivity index (χ2n) is 27.8. The Morgan fingerprint density at radius 2 is 0.570 bits per heavy atom. The van der Waals surface area contributed by atoms with Crippen LogP contribution in [0.15, 0.2) is 290 Å². The molecular formula is C90H93N9O15. The number of benzene rings is 9. The van der Waals surface area contributed by atoms with E-state index in [1.807, 2.05) is 273 Å². The van der Waals surface area contributed by atoms with Crippen LogP contribution in [0.25, 0.3) is 10.4 Å². The lowest BCUT2D eigenvalue weighted by molar-refractivity contribution is -0.296. The van der Waals surface area contributed by atoms with Crippen molar-refractivity contribution in [3.05, 3.63) is 357 Å². The van der Waals surface area contributed by atoms with Crippen molar-refractivity contribution in [3.63, 3.8) is 0 Å². The Morgan fingerprint density at radius 1 is 0.316 bits per heavy atom. The van der Waals surface area contributed by atoms with Gasteiger partial charge in [0.1, 0.15) is 79.9 Å². The van der Waals surface area contributed by atoms with Gasteiger partial charge in [0, 0.05) is 4.91 Å². The summed E-state index contributed by atoms with van der Waals surface area (Å²) < 4.78 is 109. The Kier molecular flexibility index (Phi) is 29.9. The summed E-state index contributed by atoms with van der Waals surface area (Å²) in [6, 6.07) is 88.6. The molecule has 0 N–H and O–H groups in total. The molecule has 588 valence electrons. The smallest absolute Gasteiger partial charge is 0.181 e. The molecule has 24 nitrogen and oxygen atoms in total. The van der Waals surface area contributed by atoms with E-state index in [-0.39, 0.29) is 99.1 Å². The van der Waals surface area contributed by atoms with Crippen LogP contribution in [-0.2, 0) is 144 Å². The van der Waals surface area contributed by atoms with Gasteiger partial charge < -0.3 is 71.1 Å². The van der Waals surface area contributed by atoms with Crippen molar-refractivity contribution in [1.29, 1.82) is 0 Å². The first kappa shape index (κ1) is 80.1. The highest BCUT2D eigenvalue weighted by atomic mass is 16.7. The number of rotatable bonds is 41. The Balaban J connectivity index is 0.824. The fourth-order valence-corrected chi connectivity index (χ4v) is 14.2. The van der Waals surface area contributed by atoms with Gasteiger partial charge in [-0.2, -0.15) is 0 Å². The predicted octanol–water partition coefficient (Wildman–Crippen LogP) is 14.4. The second-order valence-corrected chi connectivity index (χ2v) is 27.8. The summed E-state index contributed by atoms with van der Waals surface area (Å²) in [5.74, 6) is 2.67. The standard InChI is InChI=1S/C90H93N9O15/c1-2-48-103-79-77(63-101-52-66-32-14-4-15-33-66)113-89(86(108-58-72-44-26-10-27-45-72)83(79)105-55-69-38-20-7-21-39-69)98-75(50-93-96-98)61-111-81-78(64-102-53-67-34-16-5-17-35-67)114-90(87(109-59-73-46-28-11-29-47-73)84(81)106-56-70-40-22-8-23-41-70)99-74(49-92-97-99)60-110-80-76(62-100-51-65-30-12-3-13-31-65)112-88(94-95-91)85(107-57-71-42-24-9-25-43-71)82(80)104-54-68-36-18-6-19-37-68/h1,3-47,49-50,76-90H,48,51-64H2/t76-,77-,78-,79+,80+,81+,82+,83+,84+,85-,86-,87-,88-,89-,90-/m1/s1. The zero-order valence-corrected chi connectivity index (χ0v) is 63.1. The summed E-state index contributed by atoms with van der Waals surface area (Å²) in [6.07, 6.45) is -5.07. The predicted molar refractivity (Wildman–Crippen MR) is 420 cm³/mol. The van der Waals surface area contributed by atoms with E-state index in [1.165, 1.54) is 0 Å². The third kappa shape index (κ3) is 22.3. The second kappa shape index (κ2) is 42.6. The van der Waals surface area contributed by atoms with Crippen LogP contribution in [0.2, 0.25) is 0 Å². The first-order chi connectivity index (χ1) is 56.5. The van der Waals surface area contributed by atoms with E-state index in [4.69, 9.17) is 87.9 Å². The van der Waals surface area contributed by atoms with Crippen LogP contribution < -0.4 is 0 Å². The molecule has 3 aliphatic rings. The molecule has 3 fully saturated rings. The highest BCUT2D eigenvalue weighted by Crippen LogP contribution is 2.40. The zero-order chi connectivity index (χ0) is 77.6. The average Bonchev–Trinajstić information content (AvgIpc) is 1.30. The van der Waals surface area contributed by atoms with Gasteiger partial charge in [0.25, 0.3) is 0 Å². The first-order valence-corrected chi connectivity index (χ1v) is 38.3. The molecule has 0 amide bonds. The number of aromatic nitrogens is 6. The quantitative estimate of drug-likeness (QED) is 0.0149.